The lowest BCUT2D eigenvalue weighted by molar-refractivity contribution is -0.154. The van der Waals surface area contributed by atoms with Gasteiger partial charge in [-0.3, -0.25) is 9.59 Å². The molecule has 0 N–H and O–H groups in total. The summed E-state index contributed by atoms with van der Waals surface area (Å²) in [4.78, 5) is 22.3. The molecule has 0 saturated heterocycles. The Hall–Kier alpha value is -2.14. The van der Waals surface area contributed by atoms with Crippen molar-refractivity contribution in [3.05, 3.63) is 48.0 Å². The molecular weight excluding hydrogens is 284 g/mol. The number of carbonyl (C=O) groups excluding carboxylic acids is 2. The van der Waals surface area contributed by atoms with Crippen molar-refractivity contribution in [1.82, 2.24) is 0 Å². The van der Waals surface area contributed by atoms with Crippen LogP contribution in [0.25, 0.3) is 0 Å². The predicted molar refractivity (Wildman–Crippen MR) is 79.8 cm³/mol. The maximum atomic E-state index is 11.2. The van der Waals surface area contributed by atoms with Crippen LogP contribution >= 0.6 is 0 Å². The van der Waals surface area contributed by atoms with E-state index in [4.69, 9.17) is 14.2 Å². The Morgan fingerprint density at radius 3 is 2.00 bits per heavy atom. The minimum Gasteiger partial charge on any atom is -0.458 e. The minimum atomic E-state index is -0.433. The number of esters is 2. The molecule has 0 aromatic heterocycles. The Morgan fingerprint density at radius 1 is 0.955 bits per heavy atom. The van der Waals surface area contributed by atoms with Crippen LogP contribution in [0.1, 0.15) is 19.4 Å². The van der Waals surface area contributed by atoms with Crippen molar-refractivity contribution >= 4 is 11.9 Å². The average Bonchev–Trinajstić information content (AvgIpc) is 2.81. The van der Waals surface area contributed by atoms with Gasteiger partial charge >= 0.3 is 11.9 Å². The Balaban J connectivity index is 1.92. The molecule has 1 aliphatic carbocycles. The second-order valence-corrected chi connectivity index (χ2v) is 5.20. The van der Waals surface area contributed by atoms with E-state index < -0.39 is 12.2 Å². The monoisotopic (exact) mass is 304 g/mol. The van der Waals surface area contributed by atoms with Gasteiger partial charge in [-0.15, -0.1) is 0 Å². The third-order valence-corrected chi connectivity index (χ3v) is 3.36. The molecule has 0 aliphatic heterocycles. The second kappa shape index (κ2) is 7.75. The van der Waals surface area contributed by atoms with Crippen molar-refractivity contribution in [2.45, 2.75) is 32.7 Å². The Bertz CT molecular complexity index is 511. The van der Waals surface area contributed by atoms with Crippen LogP contribution in [0, 0.1) is 5.92 Å². The van der Waals surface area contributed by atoms with Gasteiger partial charge in [0.05, 0.1) is 19.1 Å². The lowest BCUT2D eigenvalue weighted by Gasteiger charge is -2.24. The molecule has 22 heavy (non-hydrogen) atoms. The lowest BCUT2D eigenvalue weighted by Crippen LogP contribution is -2.34. The van der Waals surface area contributed by atoms with Crippen LogP contribution < -0.4 is 0 Å². The zero-order valence-corrected chi connectivity index (χ0v) is 12.7. The SMILES string of the molecule is CC(=O)O[C@H]1C=C[C@@H](OC(C)=O)[C@@H]1COCc1ccccc1. The van der Waals surface area contributed by atoms with E-state index in [9.17, 15) is 9.59 Å². The van der Waals surface area contributed by atoms with Crippen molar-refractivity contribution in [1.29, 1.82) is 0 Å². The third-order valence-electron chi connectivity index (χ3n) is 3.36. The van der Waals surface area contributed by atoms with E-state index in [1.54, 1.807) is 12.2 Å². The molecule has 0 bridgehead atoms. The topological polar surface area (TPSA) is 61.8 Å². The van der Waals surface area contributed by atoms with Gasteiger partial charge in [0, 0.05) is 13.8 Å². The molecule has 5 nitrogen and oxygen atoms in total. The summed E-state index contributed by atoms with van der Waals surface area (Å²) in [6.07, 6.45) is 2.62. The Kier molecular flexibility index (Phi) is 5.72. The number of ether oxygens (including phenoxy) is 3. The smallest absolute Gasteiger partial charge is 0.303 e. The van der Waals surface area contributed by atoms with E-state index in [-0.39, 0.29) is 17.9 Å². The molecule has 0 saturated carbocycles. The van der Waals surface area contributed by atoms with Gasteiger partial charge in [-0.1, -0.05) is 30.3 Å². The van der Waals surface area contributed by atoms with E-state index in [0.717, 1.165) is 5.56 Å². The summed E-state index contributed by atoms with van der Waals surface area (Å²) < 4.78 is 16.2. The van der Waals surface area contributed by atoms with E-state index in [1.807, 2.05) is 30.3 Å². The van der Waals surface area contributed by atoms with Gasteiger partial charge in [-0.05, 0) is 17.7 Å². The Labute approximate surface area is 129 Å². The van der Waals surface area contributed by atoms with Crippen LogP contribution in [0.3, 0.4) is 0 Å². The first-order chi connectivity index (χ1) is 10.6. The van der Waals surface area contributed by atoms with Gasteiger partial charge in [-0.2, -0.15) is 0 Å². The molecular formula is C17H20O5. The number of rotatable bonds is 6. The molecule has 2 rings (SSSR count). The highest BCUT2D eigenvalue weighted by Gasteiger charge is 2.36. The van der Waals surface area contributed by atoms with E-state index >= 15 is 0 Å². The zero-order valence-electron chi connectivity index (χ0n) is 12.7. The van der Waals surface area contributed by atoms with Crippen LogP contribution in [-0.4, -0.2) is 30.8 Å². The average molecular weight is 304 g/mol. The highest BCUT2D eigenvalue weighted by Crippen LogP contribution is 2.26. The third kappa shape index (κ3) is 4.70. The van der Waals surface area contributed by atoms with E-state index in [1.165, 1.54) is 13.8 Å². The van der Waals surface area contributed by atoms with Gasteiger partial charge in [0.2, 0.25) is 0 Å². The van der Waals surface area contributed by atoms with Crippen molar-refractivity contribution in [2.75, 3.05) is 6.61 Å². The predicted octanol–water partition coefficient (Wildman–Crippen LogP) is 2.25. The molecule has 5 heteroatoms. The van der Waals surface area contributed by atoms with Gasteiger partial charge in [0.1, 0.15) is 12.2 Å². The number of benzene rings is 1. The molecule has 0 amide bonds. The van der Waals surface area contributed by atoms with Crippen molar-refractivity contribution in [3.63, 3.8) is 0 Å². The molecule has 118 valence electrons. The minimum absolute atomic E-state index is 0.225. The van der Waals surface area contributed by atoms with Crippen LogP contribution in [0.4, 0.5) is 0 Å². The molecule has 1 aliphatic rings. The van der Waals surface area contributed by atoms with E-state index in [2.05, 4.69) is 0 Å². The Morgan fingerprint density at radius 2 is 1.50 bits per heavy atom. The molecule has 1 aromatic rings. The fourth-order valence-electron chi connectivity index (χ4n) is 2.40. The van der Waals surface area contributed by atoms with Gasteiger partial charge in [0.25, 0.3) is 0 Å². The normalized spacial score (nSPS) is 23.3. The van der Waals surface area contributed by atoms with Gasteiger partial charge in [0.15, 0.2) is 0 Å². The van der Waals surface area contributed by atoms with Crippen LogP contribution in [-0.2, 0) is 30.4 Å². The number of hydrogen-bond donors (Lipinski definition) is 0. The molecule has 0 heterocycles. The van der Waals surface area contributed by atoms with Crippen molar-refractivity contribution in [2.24, 2.45) is 5.92 Å². The molecule has 0 spiro atoms. The molecule has 1 aromatic carbocycles. The van der Waals surface area contributed by atoms with Crippen LogP contribution in [0.2, 0.25) is 0 Å². The van der Waals surface area contributed by atoms with Crippen molar-refractivity contribution in [3.8, 4) is 0 Å². The molecule has 0 unspecified atom stereocenters. The zero-order chi connectivity index (χ0) is 15.9. The quantitative estimate of drug-likeness (QED) is 0.596. The fraction of sp³-hybridized carbons (Fsp3) is 0.412. The van der Waals surface area contributed by atoms with Gasteiger partial charge < -0.3 is 14.2 Å². The first kappa shape index (κ1) is 16.2. The standard InChI is InChI=1S/C17H20O5/c1-12(18)21-16-8-9-17(22-13(2)19)15(16)11-20-10-14-6-4-3-5-7-14/h3-9,15-17H,10-11H2,1-2H3/t15-,16+,17-. The van der Waals surface area contributed by atoms with Gasteiger partial charge in [-0.25, -0.2) is 0 Å². The highest BCUT2D eigenvalue weighted by atomic mass is 16.6. The fourth-order valence-corrected chi connectivity index (χ4v) is 2.40. The number of carbonyl (C=O) groups is 2. The number of hydrogen-bond acceptors (Lipinski definition) is 5. The summed E-state index contributed by atoms with van der Waals surface area (Å²) in [5, 5.41) is 0. The summed E-state index contributed by atoms with van der Waals surface area (Å²) in [6.45, 7) is 3.50. The highest BCUT2D eigenvalue weighted by molar-refractivity contribution is 5.67. The van der Waals surface area contributed by atoms with Crippen LogP contribution in [0.15, 0.2) is 42.5 Å². The summed E-state index contributed by atoms with van der Waals surface area (Å²) in [5.41, 5.74) is 1.06. The van der Waals surface area contributed by atoms with Crippen LogP contribution in [0.5, 0.6) is 0 Å². The first-order valence-corrected chi connectivity index (χ1v) is 7.20. The lowest BCUT2D eigenvalue weighted by atomic mass is 10.0. The van der Waals surface area contributed by atoms with Crippen molar-refractivity contribution < 1.29 is 23.8 Å². The summed E-state index contributed by atoms with van der Waals surface area (Å²) >= 11 is 0. The maximum absolute atomic E-state index is 11.2. The summed E-state index contributed by atoms with van der Waals surface area (Å²) in [6, 6.07) is 9.77. The maximum Gasteiger partial charge on any atom is 0.303 e. The molecule has 3 atom stereocenters. The summed E-state index contributed by atoms with van der Waals surface area (Å²) in [7, 11) is 0. The first-order valence-electron chi connectivity index (χ1n) is 7.20. The molecule has 0 fully saturated rings. The largest absolute Gasteiger partial charge is 0.458 e. The van der Waals surface area contributed by atoms with E-state index in [0.29, 0.717) is 13.2 Å². The second-order valence-electron chi connectivity index (χ2n) is 5.20. The summed E-state index contributed by atoms with van der Waals surface area (Å²) in [5.74, 6) is -0.964. The molecule has 0 radical (unpaired) electrons.